The summed E-state index contributed by atoms with van der Waals surface area (Å²) in [7, 11) is 0. The molecule has 1 saturated heterocycles. The van der Waals surface area contributed by atoms with Crippen molar-refractivity contribution in [1.82, 2.24) is 9.88 Å². The Bertz CT molecular complexity index is 337. The number of nitrogens with zero attached hydrogens (tertiary/aromatic N) is 2. The van der Waals surface area contributed by atoms with Crippen molar-refractivity contribution in [1.29, 1.82) is 0 Å². The van der Waals surface area contributed by atoms with Crippen molar-refractivity contribution >= 4 is 6.29 Å². The molecule has 1 atom stereocenters. The van der Waals surface area contributed by atoms with Crippen LogP contribution in [0.4, 0.5) is 0 Å². The average Bonchev–Trinajstić information content (AvgIpc) is 2.65. The van der Waals surface area contributed by atoms with E-state index < -0.39 is 0 Å². The van der Waals surface area contributed by atoms with Gasteiger partial charge in [-0.05, 0) is 18.1 Å². The summed E-state index contributed by atoms with van der Waals surface area (Å²) in [5.74, 6) is 0. The normalized spacial score (nSPS) is 21.8. The van der Waals surface area contributed by atoms with Crippen LogP contribution in [-0.2, 0) is 6.54 Å². The van der Waals surface area contributed by atoms with E-state index in [1.807, 2.05) is 6.07 Å². The van der Waals surface area contributed by atoms with Gasteiger partial charge in [-0.1, -0.05) is 6.07 Å². The standard InChI is InChI=1S/C11H14N2O2/c14-8-10-2-1-9(5-12-10)6-13-4-3-11(15)7-13/h1-2,5,8,11,15H,3-4,6-7H2/t11-/m0/s1. The monoisotopic (exact) mass is 206 g/mol. The summed E-state index contributed by atoms with van der Waals surface area (Å²) in [4.78, 5) is 16.6. The van der Waals surface area contributed by atoms with Gasteiger partial charge in [-0.2, -0.15) is 0 Å². The average molecular weight is 206 g/mol. The molecule has 1 aliphatic heterocycles. The van der Waals surface area contributed by atoms with Gasteiger partial charge in [0.25, 0.3) is 0 Å². The minimum Gasteiger partial charge on any atom is -0.392 e. The van der Waals surface area contributed by atoms with Crippen molar-refractivity contribution in [2.45, 2.75) is 19.1 Å². The largest absolute Gasteiger partial charge is 0.392 e. The summed E-state index contributed by atoms with van der Waals surface area (Å²) in [5.41, 5.74) is 1.54. The lowest BCUT2D eigenvalue weighted by atomic mass is 10.2. The fourth-order valence-corrected chi connectivity index (χ4v) is 1.81. The molecule has 1 aromatic rings. The summed E-state index contributed by atoms with van der Waals surface area (Å²) in [5, 5.41) is 9.36. The number of carbonyl (C=O) groups is 1. The number of β-amino-alcohol motifs (C(OH)–C–C–N with tert-alkyl or cyclic N) is 1. The van der Waals surface area contributed by atoms with Crippen LogP contribution in [-0.4, -0.2) is 40.5 Å². The van der Waals surface area contributed by atoms with Gasteiger partial charge in [-0.25, -0.2) is 0 Å². The molecule has 2 heterocycles. The Morgan fingerprint density at radius 2 is 2.47 bits per heavy atom. The predicted octanol–water partition coefficient (Wildman–Crippen LogP) is 0.461. The van der Waals surface area contributed by atoms with E-state index in [1.54, 1.807) is 12.3 Å². The fourth-order valence-electron chi connectivity index (χ4n) is 1.81. The molecule has 0 spiro atoms. The highest BCUT2D eigenvalue weighted by molar-refractivity contribution is 5.71. The lowest BCUT2D eigenvalue weighted by Crippen LogP contribution is -2.21. The number of aromatic nitrogens is 1. The Balaban J connectivity index is 1.96. The zero-order chi connectivity index (χ0) is 10.7. The molecule has 4 heteroatoms. The molecule has 1 aromatic heterocycles. The Labute approximate surface area is 88.6 Å². The van der Waals surface area contributed by atoms with Crippen LogP contribution in [0.25, 0.3) is 0 Å². The summed E-state index contributed by atoms with van der Waals surface area (Å²) in [6, 6.07) is 3.62. The molecule has 1 fully saturated rings. The first-order chi connectivity index (χ1) is 7.28. The second-order valence-electron chi connectivity index (χ2n) is 3.89. The molecular formula is C11H14N2O2. The van der Waals surface area contributed by atoms with E-state index in [1.165, 1.54) is 0 Å². The summed E-state index contributed by atoms with van der Waals surface area (Å²) < 4.78 is 0. The van der Waals surface area contributed by atoms with Crippen LogP contribution in [0.15, 0.2) is 18.3 Å². The highest BCUT2D eigenvalue weighted by Crippen LogP contribution is 2.12. The Hall–Kier alpha value is -1.26. The molecule has 0 unspecified atom stereocenters. The molecule has 0 radical (unpaired) electrons. The summed E-state index contributed by atoms with van der Waals surface area (Å²) in [6.45, 7) is 2.45. The van der Waals surface area contributed by atoms with Gasteiger partial charge in [0.1, 0.15) is 5.69 Å². The van der Waals surface area contributed by atoms with E-state index in [0.717, 1.165) is 37.9 Å². The summed E-state index contributed by atoms with van der Waals surface area (Å²) >= 11 is 0. The first-order valence-electron chi connectivity index (χ1n) is 5.08. The Morgan fingerprint density at radius 3 is 3.00 bits per heavy atom. The number of pyridine rings is 1. The first-order valence-corrected chi connectivity index (χ1v) is 5.08. The van der Waals surface area contributed by atoms with E-state index in [2.05, 4.69) is 9.88 Å². The number of aliphatic hydroxyl groups is 1. The minimum absolute atomic E-state index is 0.188. The topological polar surface area (TPSA) is 53.4 Å². The van der Waals surface area contributed by atoms with Crippen molar-refractivity contribution in [3.8, 4) is 0 Å². The number of hydrogen-bond acceptors (Lipinski definition) is 4. The Kier molecular flexibility index (Phi) is 3.08. The van der Waals surface area contributed by atoms with E-state index in [-0.39, 0.29) is 6.10 Å². The number of hydrogen-bond donors (Lipinski definition) is 1. The predicted molar refractivity (Wildman–Crippen MR) is 55.5 cm³/mol. The van der Waals surface area contributed by atoms with Gasteiger partial charge in [-0.3, -0.25) is 14.7 Å². The van der Waals surface area contributed by atoms with Gasteiger partial charge >= 0.3 is 0 Å². The molecule has 2 rings (SSSR count). The quantitative estimate of drug-likeness (QED) is 0.730. The van der Waals surface area contributed by atoms with Crippen LogP contribution in [0.1, 0.15) is 22.5 Å². The van der Waals surface area contributed by atoms with Crippen LogP contribution in [0.2, 0.25) is 0 Å². The minimum atomic E-state index is -0.188. The number of aldehydes is 1. The number of likely N-dealkylation sites (tertiary alicyclic amines) is 1. The van der Waals surface area contributed by atoms with E-state index in [0.29, 0.717) is 5.69 Å². The second-order valence-corrected chi connectivity index (χ2v) is 3.89. The van der Waals surface area contributed by atoms with Crippen LogP contribution >= 0.6 is 0 Å². The molecule has 0 saturated carbocycles. The van der Waals surface area contributed by atoms with Crippen molar-refractivity contribution in [3.05, 3.63) is 29.6 Å². The molecule has 0 bridgehead atoms. The molecule has 4 nitrogen and oxygen atoms in total. The maximum absolute atomic E-state index is 10.4. The van der Waals surface area contributed by atoms with Crippen LogP contribution in [0.3, 0.4) is 0 Å². The van der Waals surface area contributed by atoms with Gasteiger partial charge in [0.05, 0.1) is 6.10 Å². The molecule has 1 aliphatic rings. The van der Waals surface area contributed by atoms with Crippen molar-refractivity contribution in [2.24, 2.45) is 0 Å². The van der Waals surface area contributed by atoms with Crippen LogP contribution < -0.4 is 0 Å². The second kappa shape index (κ2) is 4.51. The van der Waals surface area contributed by atoms with E-state index >= 15 is 0 Å². The molecule has 0 aromatic carbocycles. The van der Waals surface area contributed by atoms with Gasteiger partial charge in [0.2, 0.25) is 0 Å². The molecule has 15 heavy (non-hydrogen) atoms. The third kappa shape index (κ3) is 2.61. The lowest BCUT2D eigenvalue weighted by molar-refractivity contribution is 0.111. The third-order valence-electron chi connectivity index (χ3n) is 2.62. The molecular weight excluding hydrogens is 192 g/mol. The van der Waals surface area contributed by atoms with Crippen molar-refractivity contribution in [3.63, 3.8) is 0 Å². The van der Waals surface area contributed by atoms with Gasteiger partial charge in [0, 0.05) is 25.8 Å². The number of aliphatic hydroxyl groups excluding tert-OH is 1. The van der Waals surface area contributed by atoms with Gasteiger partial charge in [0.15, 0.2) is 6.29 Å². The first kappa shape index (κ1) is 10.3. The maximum Gasteiger partial charge on any atom is 0.168 e. The van der Waals surface area contributed by atoms with Crippen molar-refractivity contribution < 1.29 is 9.90 Å². The van der Waals surface area contributed by atoms with Gasteiger partial charge in [-0.15, -0.1) is 0 Å². The number of carbonyl (C=O) groups excluding carboxylic acids is 1. The van der Waals surface area contributed by atoms with E-state index in [4.69, 9.17) is 0 Å². The molecule has 0 amide bonds. The van der Waals surface area contributed by atoms with Gasteiger partial charge < -0.3 is 5.11 Å². The van der Waals surface area contributed by atoms with E-state index in [9.17, 15) is 9.90 Å². The lowest BCUT2D eigenvalue weighted by Gasteiger charge is -2.14. The van der Waals surface area contributed by atoms with Crippen LogP contribution in [0.5, 0.6) is 0 Å². The summed E-state index contributed by atoms with van der Waals surface area (Å²) in [6.07, 6.45) is 3.12. The van der Waals surface area contributed by atoms with Crippen LogP contribution in [0, 0.1) is 0 Å². The highest BCUT2D eigenvalue weighted by Gasteiger charge is 2.19. The zero-order valence-corrected chi connectivity index (χ0v) is 8.47. The van der Waals surface area contributed by atoms with Crippen molar-refractivity contribution in [2.75, 3.05) is 13.1 Å². The molecule has 0 aliphatic carbocycles. The fraction of sp³-hybridized carbons (Fsp3) is 0.455. The zero-order valence-electron chi connectivity index (χ0n) is 8.47. The molecule has 80 valence electrons. The SMILES string of the molecule is O=Cc1ccc(CN2CC[C@H](O)C2)cn1. The Morgan fingerprint density at radius 1 is 1.60 bits per heavy atom. The highest BCUT2D eigenvalue weighted by atomic mass is 16.3. The smallest absolute Gasteiger partial charge is 0.168 e. The maximum atomic E-state index is 10.4. The molecule has 1 N–H and O–H groups in total. The third-order valence-corrected chi connectivity index (χ3v) is 2.62. The number of rotatable bonds is 3.